The zero-order valence-electron chi connectivity index (χ0n) is 21.5. The van der Waals surface area contributed by atoms with Crippen molar-refractivity contribution in [1.82, 2.24) is 9.97 Å². The van der Waals surface area contributed by atoms with Crippen LogP contribution >= 0.6 is 22.7 Å². The molecule has 0 bridgehead atoms. The molecule has 0 atom stereocenters. The Morgan fingerprint density at radius 2 is 0.854 bits per heavy atom. The van der Waals surface area contributed by atoms with Gasteiger partial charge in [0.25, 0.3) is 0 Å². The first-order valence-electron chi connectivity index (χ1n) is 12.5. The van der Waals surface area contributed by atoms with E-state index < -0.39 is 0 Å². The molecule has 6 nitrogen and oxygen atoms in total. The molecule has 0 amide bonds. The molecule has 0 unspecified atom stereocenters. The molecule has 0 saturated carbocycles. The van der Waals surface area contributed by atoms with E-state index in [0.717, 1.165) is 41.6 Å². The fourth-order valence-electron chi connectivity index (χ4n) is 4.60. The number of hydrogen-bond acceptors (Lipinski definition) is 8. The minimum absolute atomic E-state index is 0. The van der Waals surface area contributed by atoms with Gasteiger partial charge in [0.2, 0.25) is 0 Å². The molecule has 0 radical (unpaired) electrons. The second-order valence-electron chi connectivity index (χ2n) is 9.02. The smallest absolute Gasteiger partial charge is 0.858 e. The van der Waals surface area contributed by atoms with Crippen molar-refractivity contribution in [1.29, 1.82) is 0 Å². The van der Waals surface area contributed by atoms with Crippen molar-refractivity contribution in [2.45, 2.75) is 0 Å². The van der Waals surface area contributed by atoms with Gasteiger partial charge in [-0.15, -0.1) is 22.7 Å². The van der Waals surface area contributed by atoms with Crippen molar-refractivity contribution in [2.75, 3.05) is 0 Å². The maximum absolute atomic E-state index is 11.8. The molecule has 0 N–H and O–H groups in total. The first-order chi connectivity index (χ1) is 19.6. The molecular weight excluding hydrogens is 602 g/mol. The van der Waals surface area contributed by atoms with Gasteiger partial charge in [0.15, 0.2) is 0 Å². The standard InChI is InChI=1S/2C16H10N2OS.Zn/c2*19-16-11-6-2-1-5-10(11)13(18-16)9-15-17-12-7-3-4-8-14(12)20-15;/h2*1-9H,(H,18,19);/q;;+2/p-2/b2*13-9-;. The fourth-order valence-corrected chi connectivity index (χ4v) is 6.41. The summed E-state index contributed by atoms with van der Waals surface area (Å²) < 4.78 is 2.27. The van der Waals surface area contributed by atoms with Crippen LogP contribution in [0.5, 0.6) is 0 Å². The minimum atomic E-state index is -0.173. The number of hydrogen-bond donors (Lipinski definition) is 0. The van der Waals surface area contributed by atoms with Crippen molar-refractivity contribution < 1.29 is 29.7 Å². The maximum Gasteiger partial charge on any atom is 2.00 e. The van der Waals surface area contributed by atoms with E-state index in [1.54, 1.807) is 34.8 Å². The van der Waals surface area contributed by atoms with Crippen LogP contribution < -0.4 is 10.2 Å². The second kappa shape index (κ2) is 11.3. The molecular formula is C32H18N4O2S2Zn. The van der Waals surface area contributed by atoms with Crippen LogP contribution in [0.3, 0.4) is 0 Å². The van der Waals surface area contributed by atoms with Gasteiger partial charge in [0, 0.05) is 23.3 Å². The van der Waals surface area contributed by atoms with E-state index in [1.807, 2.05) is 97.1 Å². The molecule has 2 aliphatic rings. The van der Waals surface area contributed by atoms with Gasteiger partial charge in [-0.05, 0) is 47.2 Å². The summed E-state index contributed by atoms with van der Waals surface area (Å²) in [4.78, 5) is 17.3. The van der Waals surface area contributed by atoms with Gasteiger partial charge >= 0.3 is 19.5 Å². The van der Waals surface area contributed by atoms with Gasteiger partial charge < -0.3 is 10.2 Å². The van der Waals surface area contributed by atoms with Gasteiger partial charge in [-0.2, -0.15) is 0 Å². The summed E-state index contributed by atoms with van der Waals surface area (Å²) in [6.07, 6.45) is 3.77. The molecule has 0 saturated heterocycles. The number of thiazole rings is 2. The summed E-state index contributed by atoms with van der Waals surface area (Å²) in [5, 5.41) is 25.4. The normalized spacial score (nSPS) is 15.2. The number of aliphatic imine (C=N–C) groups is 2. The average molecular weight is 620 g/mol. The third kappa shape index (κ3) is 5.27. The van der Waals surface area contributed by atoms with Crippen LogP contribution in [0.25, 0.3) is 44.0 Å². The van der Waals surface area contributed by atoms with E-state index in [9.17, 15) is 10.2 Å². The third-order valence-corrected chi connectivity index (χ3v) is 8.42. The first kappa shape index (κ1) is 26.9. The Labute approximate surface area is 256 Å². The van der Waals surface area contributed by atoms with Crippen LogP contribution in [-0.2, 0) is 19.5 Å². The minimum Gasteiger partial charge on any atom is -0.858 e. The molecule has 9 heteroatoms. The molecule has 0 aliphatic carbocycles. The largest absolute Gasteiger partial charge is 2.00 e. The molecule has 2 aliphatic heterocycles. The van der Waals surface area contributed by atoms with Gasteiger partial charge in [-0.25, -0.2) is 9.97 Å². The predicted octanol–water partition coefficient (Wildman–Crippen LogP) is 5.83. The van der Waals surface area contributed by atoms with Crippen LogP contribution in [0.15, 0.2) is 107 Å². The van der Waals surface area contributed by atoms with Crippen molar-refractivity contribution >= 4 is 78.4 Å². The van der Waals surface area contributed by atoms with Crippen LogP contribution in [-0.4, -0.2) is 21.8 Å². The average Bonchev–Trinajstić information content (AvgIpc) is 3.73. The number of para-hydroxylation sites is 2. The molecule has 0 fully saturated rings. The van der Waals surface area contributed by atoms with Gasteiger partial charge in [0.05, 0.1) is 31.8 Å². The zero-order valence-corrected chi connectivity index (χ0v) is 26.1. The summed E-state index contributed by atoms with van der Waals surface area (Å²) in [6.45, 7) is 0. The van der Waals surface area contributed by atoms with Gasteiger partial charge in [0.1, 0.15) is 10.0 Å². The predicted molar refractivity (Wildman–Crippen MR) is 161 cm³/mol. The molecule has 8 rings (SSSR count). The van der Waals surface area contributed by atoms with Crippen LogP contribution in [0, 0.1) is 0 Å². The van der Waals surface area contributed by atoms with E-state index in [0.29, 0.717) is 22.5 Å². The number of aromatic nitrogens is 2. The summed E-state index contributed by atoms with van der Waals surface area (Å²) in [5.74, 6) is -0.346. The topological polar surface area (TPSA) is 96.6 Å². The Balaban J connectivity index is 0.000000144. The molecule has 192 valence electrons. The van der Waals surface area contributed by atoms with E-state index in [-0.39, 0.29) is 31.3 Å². The van der Waals surface area contributed by atoms with Crippen LogP contribution in [0.4, 0.5) is 0 Å². The Morgan fingerprint density at radius 1 is 0.488 bits per heavy atom. The zero-order chi connectivity index (χ0) is 27.1. The van der Waals surface area contributed by atoms with E-state index >= 15 is 0 Å². The summed E-state index contributed by atoms with van der Waals surface area (Å²) in [6, 6.07) is 31.0. The number of nitrogens with zero attached hydrogens (tertiary/aromatic N) is 4. The number of fused-ring (bicyclic) bond motifs is 4. The fraction of sp³-hybridized carbons (Fsp3) is 0. The van der Waals surface area contributed by atoms with E-state index in [4.69, 9.17) is 0 Å². The molecule has 0 spiro atoms. The molecule has 2 aromatic heterocycles. The monoisotopic (exact) mass is 618 g/mol. The van der Waals surface area contributed by atoms with Crippen molar-refractivity contribution in [3.05, 3.63) is 129 Å². The molecule has 4 aromatic carbocycles. The maximum atomic E-state index is 11.8. The SMILES string of the molecule is [O-]C1=N/C(=C\c2nc3ccccc3s2)c2ccccc21.[O-]C1=N/C(=C\c2nc3ccccc3s2)c2ccccc21.[Zn+2]. The molecule has 6 aromatic rings. The third-order valence-electron chi connectivity index (χ3n) is 6.45. The van der Waals surface area contributed by atoms with Crippen molar-refractivity contribution in [2.24, 2.45) is 9.98 Å². The Kier molecular flexibility index (Phi) is 7.41. The van der Waals surface area contributed by atoms with Gasteiger partial charge in [-0.1, -0.05) is 72.8 Å². The van der Waals surface area contributed by atoms with E-state index in [1.165, 1.54) is 0 Å². The Hall–Kier alpha value is -4.30. The second-order valence-corrected chi connectivity index (χ2v) is 11.1. The van der Waals surface area contributed by atoms with Crippen LogP contribution in [0.2, 0.25) is 0 Å². The van der Waals surface area contributed by atoms with Gasteiger partial charge in [-0.3, -0.25) is 9.98 Å². The van der Waals surface area contributed by atoms with Crippen molar-refractivity contribution in [3.63, 3.8) is 0 Å². The Bertz CT molecular complexity index is 1840. The first-order valence-corrected chi connectivity index (χ1v) is 14.1. The number of rotatable bonds is 2. The summed E-state index contributed by atoms with van der Waals surface area (Å²) in [7, 11) is 0. The molecule has 4 heterocycles. The Morgan fingerprint density at radius 3 is 1.27 bits per heavy atom. The van der Waals surface area contributed by atoms with Crippen molar-refractivity contribution in [3.8, 4) is 0 Å². The number of benzene rings is 4. The van der Waals surface area contributed by atoms with E-state index in [2.05, 4.69) is 20.0 Å². The molecule has 41 heavy (non-hydrogen) atoms. The quantitative estimate of drug-likeness (QED) is 0.228. The summed E-state index contributed by atoms with van der Waals surface area (Å²) in [5.41, 5.74) is 6.45. The summed E-state index contributed by atoms with van der Waals surface area (Å²) >= 11 is 3.20. The van der Waals surface area contributed by atoms with Crippen LogP contribution in [0.1, 0.15) is 32.3 Å².